The van der Waals surface area contributed by atoms with Crippen molar-refractivity contribution in [3.05, 3.63) is 66.4 Å². The van der Waals surface area contributed by atoms with Crippen LogP contribution in [0, 0.1) is 12.7 Å². The summed E-state index contributed by atoms with van der Waals surface area (Å²) in [4.78, 5) is 8.60. The lowest BCUT2D eigenvalue weighted by atomic mass is 10.1. The van der Waals surface area contributed by atoms with Crippen molar-refractivity contribution >= 4 is 10.9 Å². The fourth-order valence-corrected chi connectivity index (χ4v) is 2.68. The molecule has 2 heterocycles. The van der Waals surface area contributed by atoms with Gasteiger partial charge in [-0.3, -0.25) is 0 Å². The van der Waals surface area contributed by atoms with Gasteiger partial charge in [0.15, 0.2) is 0 Å². The molecule has 0 unspecified atom stereocenters. The molecule has 0 bridgehead atoms. The first kappa shape index (κ1) is 14.3. The molecule has 0 aliphatic heterocycles. The zero-order chi connectivity index (χ0) is 16.7. The normalized spacial score (nSPS) is 11.1. The van der Waals surface area contributed by atoms with Crippen LogP contribution in [0.2, 0.25) is 0 Å². The lowest BCUT2D eigenvalue weighted by Gasteiger charge is -2.05. The zero-order valence-corrected chi connectivity index (χ0v) is 12.8. The van der Waals surface area contributed by atoms with Gasteiger partial charge in [0.1, 0.15) is 11.6 Å². The van der Waals surface area contributed by atoms with Crippen LogP contribution >= 0.6 is 0 Å². The van der Waals surface area contributed by atoms with Crippen LogP contribution in [-0.4, -0.2) is 24.9 Å². The summed E-state index contributed by atoms with van der Waals surface area (Å²) in [5, 5.41) is 15.0. The zero-order valence-electron chi connectivity index (χ0n) is 12.8. The van der Waals surface area contributed by atoms with E-state index in [2.05, 4.69) is 15.1 Å². The van der Waals surface area contributed by atoms with E-state index in [1.807, 2.05) is 6.92 Å². The summed E-state index contributed by atoms with van der Waals surface area (Å²) >= 11 is 0. The molecule has 0 saturated heterocycles. The minimum atomic E-state index is -0.320. The SMILES string of the molecule is Cc1nn(-c2ncc(-c3ccccc3F)cn2)c2cc(O)ccc12. The fraction of sp³-hybridized carbons (Fsp3) is 0.0556. The van der Waals surface area contributed by atoms with Crippen molar-refractivity contribution in [3.8, 4) is 22.8 Å². The Hall–Kier alpha value is -3.28. The summed E-state index contributed by atoms with van der Waals surface area (Å²) in [6, 6.07) is 11.5. The topological polar surface area (TPSA) is 63.8 Å². The second-order valence-corrected chi connectivity index (χ2v) is 5.45. The van der Waals surface area contributed by atoms with Crippen LogP contribution in [0.1, 0.15) is 5.69 Å². The number of phenolic OH excluding ortho intramolecular Hbond substituents is 1. The van der Waals surface area contributed by atoms with Crippen LogP contribution in [0.4, 0.5) is 4.39 Å². The van der Waals surface area contributed by atoms with Gasteiger partial charge in [0.25, 0.3) is 5.95 Å². The average Bonchev–Trinajstić information content (AvgIpc) is 2.92. The molecule has 0 fully saturated rings. The maximum Gasteiger partial charge on any atom is 0.251 e. The van der Waals surface area contributed by atoms with E-state index in [-0.39, 0.29) is 11.6 Å². The summed E-state index contributed by atoms with van der Waals surface area (Å²) < 4.78 is 15.4. The standard InChI is InChI=1S/C18H13FN4O/c1-11-14-7-6-13(24)8-17(14)23(22-11)18-20-9-12(10-21-18)15-4-2-3-5-16(15)19/h2-10,24H,1H3. The third-order valence-electron chi connectivity index (χ3n) is 3.86. The van der Waals surface area contributed by atoms with Crippen molar-refractivity contribution in [2.45, 2.75) is 6.92 Å². The van der Waals surface area contributed by atoms with Crippen molar-refractivity contribution in [2.75, 3.05) is 0 Å². The van der Waals surface area contributed by atoms with E-state index >= 15 is 0 Å². The third kappa shape index (κ3) is 2.28. The Labute approximate surface area is 137 Å². The molecule has 0 saturated carbocycles. The Kier molecular flexibility index (Phi) is 3.23. The molecule has 118 valence electrons. The van der Waals surface area contributed by atoms with E-state index in [1.165, 1.54) is 6.07 Å². The monoisotopic (exact) mass is 320 g/mol. The lowest BCUT2D eigenvalue weighted by Crippen LogP contribution is -2.03. The number of hydrogen-bond acceptors (Lipinski definition) is 4. The second-order valence-electron chi connectivity index (χ2n) is 5.45. The van der Waals surface area contributed by atoms with Gasteiger partial charge in [0.05, 0.1) is 11.2 Å². The molecule has 4 rings (SSSR count). The van der Waals surface area contributed by atoms with E-state index < -0.39 is 0 Å². The average molecular weight is 320 g/mol. The van der Waals surface area contributed by atoms with E-state index in [9.17, 15) is 9.50 Å². The van der Waals surface area contributed by atoms with E-state index in [1.54, 1.807) is 53.5 Å². The fourth-order valence-electron chi connectivity index (χ4n) is 2.68. The number of aromatic nitrogens is 4. The number of hydrogen-bond donors (Lipinski definition) is 1. The number of benzene rings is 2. The van der Waals surface area contributed by atoms with Crippen molar-refractivity contribution < 1.29 is 9.50 Å². The molecule has 6 heteroatoms. The highest BCUT2D eigenvalue weighted by Crippen LogP contribution is 2.25. The van der Waals surface area contributed by atoms with Gasteiger partial charge in [-0.15, -0.1) is 0 Å². The molecule has 0 spiro atoms. The van der Waals surface area contributed by atoms with Crippen molar-refractivity contribution in [2.24, 2.45) is 0 Å². The van der Waals surface area contributed by atoms with Gasteiger partial charge in [-0.2, -0.15) is 9.78 Å². The first-order chi connectivity index (χ1) is 11.6. The Balaban J connectivity index is 1.82. The quantitative estimate of drug-likeness (QED) is 0.612. The maximum absolute atomic E-state index is 13.9. The number of fused-ring (bicyclic) bond motifs is 1. The molecule has 0 radical (unpaired) electrons. The largest absolute Gasteiger partial charge is 0.508 e. The number of halogens is 1. The highest BCUT2D eigenvalue weighted by Gasteiger charge is 2.12. The molecule has 5 nitrogen and oxygen atoms in total. The molecule has 24 heavy (non-hydrogen) atoms. The van der Waals surface area contributed by atoms with Gasteiger partial charge in [0.2, 0.25) is 0 Å². The van der Waals surface area contributed by atoms with Crippen LogP contribution in [0.25, 0.3) is 28.0 Å². The maximum atomic E-state index is 13.9. The summed E-state index contributed by atoms with van der Waals surface area (Å²) in [6.07, 6.45) is 3.12. The molecule has 2 aromatic heterocycles. The molecule has 0 atom stereocenters. The number of aryl methyl sites for hydroxylation is 1. The number of aromatic hydroxyl groups is 1. The summed E-state index contributed by atoms with van der Waals surface area (Å²) in [7, 11) is 0. The van der Waals surface area contributed by atoms with Gasteiger partial charge in [-0.05, 0) is 25.1 Å². The van der Waals surface area contributed by atoms with Crippen molar-refractivity contribution in [1.29, 1.82) is 0 Å². The highest BCUT2D eigenvalue weighted by molar-refractivity contribution is 5.84. The van der Waals surface area contributed by atoms with Gasteiger partial charge < -0.3 is 5.11 Å². The van der Waals surface area contributed by atoms with Crippen LogP contribution < -0.4 is 0 Å². The smallest absolute Gasteiger partial charge is 0.251 e. The molecule has 4 aromatic rings. The molecular weight excluding hydrogens is 307 g/mol. The lowest BCUT2D eigenvalue weighted by molar-refractivity contribution is 0.476. The van der Waals surface area contributed by atoms with E-state index in [0.717, 1.165) is 11.1 Å². The van der Waals surface area contributed by atoms with Gasteiger partial charge in [0, 0.05) is 35.0 Å². The molecule has 1 N–H and O–H groups in total. The first-order valence-electron chi connectivity index (χ1n) is 7.39. The van der Waals surface area contributed by atoms with Gasteiger partial charge in [-0.1, -0.05) is 18.2 Å². The van der Waals surface area contributed by atoms with E-state index in [0.29, 0.717) is 22.6 Å². The molecule has 2 aromatic carbocycles. The van der Waals surface area contributed by atoms with Crippen LogP contribution in [0.15, 0.2) is 54.9 Å². The number of phenols is 1. The minimum Gasteiger partial charge on any atom is -0.508 e. The molecular formula is C18H13FN4O. The molecule has 0 aliphatic rings. The third-order valence-corrected chi connectivity index (χ3v) is 3.86. The number of nitrogens with zero attached hydrogens (tertiary/aromatic N) is 4. The summed E-state index contributed by atoms with van der Waals surface area (Å²) in [6.45, 7) is 1.88. The Bertz CT molecular complexity index is 1040. The summed E-state index contributed by atoms with van der Waals surface area (Å²) in [5.74, 6) is 0.185. The molecule has 0 amide bonds. The first-order valence-corrected chi connectivity index (χ1v) is 7.39. The number of rotatable bonds is 2. The highest BCUT2D eigenvalue weighted by atomic mass is 19.1. The predicted octanol–water partition coefficient (Wildman–Crippen LogP) is 3.64. The van der Waals surface area contributed by atoms with Crippen LogP contribution in [0.5, 0.6) is 5.75 Å². The summed E-state index contributed by atoms with van der Waals surface area (Å²) in [5.41, 5.74) is 2.56. The second kappa shape index (κ2) is 5.42. The minimum absolute atomic E-state index is 0.145. The predicted molar refractivity (Wildman–Crippen MR) is 88.5 cm³/mol. The van der Waals surface area contributed by atoms with Crippen molar-refractivity contribution in [3.63, 3.8) is 0 Å². The van der Waals surface area contributed by atoms with Gasteiger partial charge in [-0.25, -0.2) is 14.4 Å². The van der Waals surface area contributed by atoms with E-state index in [4.69, 9.17) is 0 Å². The Morgan fingerprint density at radius 3 is 2.54 bits per heavy atom. The van der Waals surface area contributed by atoms with Crippen LogP contribution in [0.3, 0.4) is 0 Å². The molecule has 0 aliphatic carbocycles. The Morgan fingerprint density at radius 2 is 1.79 bits per heavy atom. The van der Waals surface area contributed by atoms with Crippen molar-refractivity contribution in [1.82, 2.24) is 19.7 Å². The Morgan fingerprint density at radius 1 is 1.04 bits per heavy atom. The van der Waals surface area contributed by atoms with Gasteiger partial charge >= 0.3 is 0 Å². The van der Waals surface area contributed by atoms with Crippen LogP contribution in [-0.2, 0) is 0 Å².